The first-order chi connectivity index (χ1) is 9.15. The number of ether oxygens (including phenoxy) is 1. The molecule has 1 N–H and O–H groups in total. The molecule has 0 amide bonds. The van der Waals surface area contributed by atoms with Crippen LogP contribution in [0.5, 0.6) is 0 Å². The number of fused-ring (bicyclic) bond motifs is 1. The maximum absolute atomic E-state index is 12.4. The van der Waals surface area contributed by atoms with Gasteiger partial charge in [-0.15, -0.1) is 0 Å². The molecule has 2 rings (SSSR count). The van der Waals surface area contributed by atoms with E-state index in [4.69, 9.17) is 4.74 Å². The number of hydrogen-bond donors (Lipinski definition) is 1. The molecule has 6 heteroatoms. The van der Waals surface area contributed by atoms with E-state index in [0.29, 0.717) is 19.6 Å². The Kier molecular flexibility index (Phi) is 5.62. The van der Waals surface area contributed by atoms with Crippen LogP contribution < -0.4 is 5.32 Å². The van der Waals surface area contributed by atoms with Gasteiger partial charge in [-0.25, -0.2) is 8.42 Å². The standard InChI is InChI=1S/C13H26N2O3S/c1-2-7-14-8-4-11-19(16,17)15-9-10-18-13-6-3-5-12(13)15/h12-14H,2-11H2,1H3. The van der Waals surface area contributed by atoms with E-state index in [1.807, 2.05) is 0 Å². The van der Waals surface area contributed by atoms with Gasteiger partial charge < -0.3 is 10.1 Å². The lowest BCUT2D eigenvalue weighted by Crippen LogP contribution is -2.51. The third-order valence-electron chi connectivity index (χ3n) is 3.97. The predicted molar refractivity (Wildman–Crippen MR) is 75.6 cm³/mol. The number of hydrogen-bond acceptors (Lipinski definition) is 4. The second-order valence-corrected chi connectivity index (χ2v) is 7.48. The fraction of sp³-hybridized carbons (Fsp3) is 1.00. The van der Waals surface area contributed by atoms with E-state index in [-0.39, 0.29) is 17.9 Å². The van der Waals surface area contributed by atoms with Gasteiger partial charge >= 0.3 is 0 Å². The molecule has 112 valence electrons. The number of rotatable bonds is 7. The SMILES string of the molecule is CCCNCCCS(=O)(=O)N1CCOC2CCCC21. The van der Waals surface area contributed by atoms with Gasteiger partial charge in [0.25, 0.3) is 0 Å². The average Bonchev–Trinajstić information content (AvgIpc) is 2.86. The molecule has 0 bridgehead atoms. The van der Waals surface area contributed by atoms with E-state index >= 15 is 0 Å². The van der Waals surface area contributed by atoms with E-state index in [1.54, 1.807) is 4.31 Å². The quantitative estimate of drug-likeness (QED) is 0.710. The van der Waals surface area contributed by atoms with E-state index in [2.05, 4.69) is 12.2 Å². The lowest BCUT2D eigenvalue weighted by atomic mass is 10.2. The number of sulfonamides is 1. The summed E-state index contributed by atoms with van der Waals surface area (Å²) in [4.78, 5) is 0. The van der Waals surface area contributed by atoms with Crippen molar-refractivity contribution in [2.75, 3.05) is 32.0 Å². The van der Waals surface area contributed by atoms with Gasteiger partial charge in [-0.05, 0) is 45.2 Å². The summed E-state index contributed by atoms with van der Waals surface area (Å²) in [6, 6.07) is 0.0994. The van der Waals surface area contributed by atoms with Crippen molar-refractivity contribution in [3.05, 3.63) is 0 Å². The lowest BCUT2D eigenvalue weighted by Gasteiger charge is -2.36. The van der Waals surface area contributed by atoms with Gasteiger partial charge in [0, 0.05) is 6.54 Å². The third-order valence-corrected chi connectivity index (χ3v) is 5.94. The Hall–Kier alpha value is -0.170. The molecule has 5 nitrogen and oxygen atoms in total. The number of nitrogens with zero attached hydrogens (tertiary/aromatic N) is 1. The second-order valence-electron chi connectivity index (χ2n) is 5.44. The van der Waals surface area contributed by atoms with E-state index in [0.717, 1.165) is 38.8 Å². The summed E-state index contributed by atoms with van der Waals surface area (Å²) in [7, 11) is -3.11. The Morgan fingerprint density at radius 1 is 1.32 bits per heavy atom. The molecule has 19 heavy (non-hydrogen) atoms. The summed E-state index contributed by atoms with van der Waals surface area (Å²) in [5, 5.41) is 3.25. The van der Waals surface area contributed by atoms with Crippen molar-refractivity contribution in [3.63, 3.8) is 0 Å². The van der Waals surface area contributed by atoms with Gasteiger partial charge in [-0.2, -0.15) is 4.31 Å². The summed E-state index contributed by atoms with van der Waals surface area (Å²) in [6.07, 6.45) is 4.96. The van der Waals surface area contributed by atoms with Crippen LogP contribution >= 0.6 is 0 Å². The van der Waals surface area contributed by atoms with Gasteiger partial charge in [0.15, 0.2) is 0 Å². The molecule has 1 aliphatic carbocycles. The zero-order valence-corrected chi connectivity index (χ0v) is 12.6. The molecule has 1 heterocycles. The lowest BCUT2D eigenvalue weighted by molar-refractivity contribution is -0.0241. The van der Waals surface area contributed by atoms with Crippen LogP contribution in [-0.4, -0.2) is 56.9 Å². The van der Waals surface area contributed by atoms with Crippen LogP contribution in [0, 0.1) is 0 Å². The van der Waals surface area contributed by atoms with Gasteiger partial charge in [0.05, 0.1) is 24.5 Å². The highest BCUT2D eigenvalue weighted by atomic mass is 32.2. The molecule has 2 atom stereocenters. The van der Waals surface area contributed by atoms with Gasteiger partial charge in [-0.3, -0.25) is 0 Å². The number of morpholine rings is 1. The van der Waals surface area contributed by atoms with Crippen molar-refractivity contribution in [2.24, 2.45) is 0 Å². The monoisotopic (exact) mass is 290 g/mol. The maximum Gasteiger partial charge on any atom is 0.214 e. The smallest absolute Gasteiger partial charge is 0.214 e. The second kappa shape index (κ2) is 7.02. The molecule has 1 saturated carbocycles. The molecule has 2 unspecified atom stereocenters. The van der Waals surface area contributed by atoms with Crippen LogP contribution in [0.1, 0.15) is 39.0 Å². The maximum atomic E-state index is 12.4. The molecule has 2 aliphatic rings. The average molecular weight is 290 g/mol. The minimum Gasteiger partial charge on any atom is -0.375 e. The molecular weight excluding hydrogens is 264 g/mol. The molecule has 0 aromatic carbocycles. The summed E-state index contributed by atoms with van der Waals surface area (Å²) < 4.78 is 32.2. The van der Waals surface area contributed by atoms with Crippen molar-refractivity contribution in [3.8, 4) is 0 Å². The minimum atomic E-state index is -3.11. The highest BCUT2D eigenvalue weighted by Gasteiger charge is 2.41. The highest BCUT2D eigenvalue weighted by Crippen LogP contribution is 2.31. The first-order valence-electron chi connectivity index (χ1n) is 7.47. The van der Waals surface area contributed by atoms with Crippen LogP contribution in [0.25, 0.3) is 0 Å². The Morgan fingerprint density at radius 2 is 2.16 bits per heavy atom. The molecule has 1 saturated heterocycles. The van der Waals surface area contributed by atoms with Crippen LogP contribution in [0.4, 0.5) is 0 Å². The summed E-state index contributed by atoms with van der Waals surface area (Å²) in [5.74, 6) is 0.257. The Labute approximate surface area is 116 Å². The Bertz CT molecular complexity index is 372. The summed E-state index contributed by atoms with van der Waals surface area (Å²) in [6.45, 7) is 4.94. The molecule has 0 aromatic heterocycles. The molecule has 2 fully saturated rings. The molecule has 0 spiro atoms. The van der Waals surface area contributed by atoms with Crippen LogP contribution in [-0.2, 0) is 14.8 Å². The van der Waals surface area contributed by atoms with Gasteiger partial charge in [0.1, 0.15) is 0 Å². The van der Waals surface area contributed by atoms with E-state index in [1.165, 1.54) is 0 Å². The van der Waals surface area contributed by atoms with Crippen LogP contribution in [0.3, 0.4) is 0 Å². The topological polar surface area (TPSA) is 58.6 Å². The van der Waals surface area contributed by atoms with Crippen molar-refractivity contribution < 1.29 is 13.2 Å². The molecule has 0 aromatic rings. The number of nitrogens with one attached hydrogen (secondary N) is 1. The fourth-order valence-corrected chi connectivity index (χ4v) is 4.78. The fourth-order valence-electron chi connectivity index (χ4n) is 3.03. The predicted octanol–water partition coefficient (Wildman–Crippen LogP) is 0.959. The molecular formula is C13H26N2O3S. The minimum absolute atomic E-state index is 0.0994. The summed E-state index contributed by atoms with van der Waals surface area (Å²) in [5.41, 5.74) is 0. The first kappa shape index (κ1) is 15.2. The Morgan fingerprint density at radius 3 is 2.95 bits per heavy atom. The largest absolute Gasteiger partial charge is 0.375 e. The zero-order chi connectivity index (χ0) is 13.7. The molecule has 0 radical (unpaired) electrons. The van der Waals surface area contributed by atoms with Crippen molar-refractivity contribution in [2.45, 2.75) is 51.2 Å². The van der Waals surface area contributed by atoms with Crippen molar-refractivity contribution >= 4 is 10.0 Å². The van der Waals surface area contributed by atoms with Crippen LogP contribution in [0.15, 0.2) is 0 Å². The van der Waals surface area contributed by atoms with Crippen LogP contribution in [0.2, 0.25) is 0 Å². The Balaban J connectivity index is 1.84. The summed E-state index contributed by atoms with van der Waals surface area (Å²) >= 11 is 0. The van der Waals surface area contributed by atoms with Crippen molar-refractivity contribution in [1.29, 1.82) is 0 Å². The van der Waals surface area contributed by atoms with E-state index < -0.39 is 10.0 Å². The highest BCUT2D eigenvalue weighted by molar-refractivity contribution is 7.89. The third kappa shape index (κ3) is 3.90. The first-order valence-corrected chi connectivity index (χ1v) is 9.08. The van der Waals surface area contributed by atoms with Gasteiger partial charge in [0.2, 0.25) is 10.0 Å². The van der Waals surface area contributed by atoms with E-state index in [9.17, 15) is 8.42 Å². The molecule has 1 aliphatic heterocycles. The zero-order valence-electron chi connectivity index (χ0n) is 11.8. The van der Waals surface area contributed by atoms with Gasteiger partial charge in [-0.1, -0.05) is 6.92 Å². The normalized spacial score (nSPS) is 28.5. The van der Waals surface area contributed by atoms with Crippen molar-refractivity contribution in [1.82, 2.24) is 9.62 Å².